The molecule has 0 aliphatic carbocycles. The Bertz CT molecular complexity index is 503. The van der Waals surface area contributed by atoms with E-state index in [9.17, 15) is 18.0 Å². The molecule has 21 heavy (non-hydrogen) atoms. The van der Waals surface area contributed by atoms with E-state index in [0.717, 1.165) is 12.1 Å². The Morgan fingerprint density at radius 3 is 2.48 bits per heavy atom. The second kappa shape index (κ2) is 7.26. The van der Waals surface area contributed by atoms with Crippen LogP contribution in [0.1, 0.15) is 25.8 Å². The number of carbonyl (C=O) groups is 1. The lowest BCUT2D eigenvalue weighted by Crippen LogP contribution is -2.30. The molecule has 0 bridgehead atoms. The molecule has 0 saturated carbocycles. The number of nitrogens with two attached hydrogens (primary N) is 1. The first-order valence-corrected chi connectivity index (χ1v) is 7.32. The van der Waals surface area contributed by atoms with Gasteiger partial charge in [-0.15, -0.1) is 0 Å². The minimum Gasteiger partial charge on any atom is -0.330 e. The molecule has 0 aromatic heterocycles. The summed E-state index contributed by atoms with van der Waals surface area (Å²) in [5, 5.41) is 2.51. The molecule has 3 N–H and O–H groups in total. The van der Waals surface area contributed by atoms with Crippen molar-refractivity contribution >= 4 is 27.5 Å². The van der Waals surface area contributed by atoms with Gasteiger partial charge in [-0.1, -0.05) is 13.8 Å². The molecule has 0 saturated heterocycles. The van der Waals surface area contributed by atoms with Gasteiger partial charge >= 0.3 is 6.18 Å². The molecule has 0 aliphatic heterocycles. The van der Waals surface area contributed by atoms with Crippen LogP contribution in [0.25, 0.3) is 0 Å². The molecule has 1 aromatic rings. The number of rotatable bonds is 5. The van der Waals surface area contributed by atoms with E-state index >= 15 is 0 Å². The second-order valence-corrected chi connectivity index (χ2v) is 6.10. The molecular weight excluding hydrogens is 349 g/mol. The number of alkyl halides is 3. The third-order valence-electron chi connectivity index (χ3n) is 2.96. The standard InChI is InChI=1S/C14H18BrF3N2O/c1-8(2)5-9(7-19)13(21)20-12-6-10(14(16,17)18)3-4-11(12)15/h3-4,6,8-9H,5,7,19H2,1-2H3,(H,20,21). The zero-order chi connectivity index (χ0) is 16.2. The quantitative estimate of drug-likeness (QED) is 0.826. The third-order valence-corrected chi connectivity index (χ3v) is 3.65. The largest absolute Gasteiger partial charge is 0.416 e. The molecule has 0 heterocycles. The van der Waals surface area contributed by atoms with Crippen LogP contribution in [0.3, 0.4) is 0 Å². The molecule has 1 amide bonds. The molecule has 0 fully saturated rings. The van der Waals surface area contributed by atoms with Crippen LogP contribution in [-0.2, 0) is 11.0 Å². The van der Waals surface area contributed by atoms with Gasteiger partial charge in [0.25, 0.3) is 0 Å². The van der Waals surface area contributed by atoms with E-state index in [4.69, 9.17) is 5.73 Å². The van der Waals surface area contributed by atoms with Gasteiger partial charge in [0, 0.05) is 11.0 Å². The summed E-state index contributed by atoms with van der Waals surface area (Å²) in [6, 6.07) is 3.12. The van der Waals surface area contributed by atoms with Crippen LogP contribution < -0.4 is 11.1 Å². The molecule has 0 radical (unpaired) electrons. The highest BCUT2D eigenvalue weighted by Crippen LogP contribution is 2.34. The Morgan fingerprint density at radius 2 is 2.00 bits per heavy atom. The van der Waals surface area contributed by atoms with Crippen molar-refractivity contribution in [2.24, 2.45) is 17.6 Å². The van der Waals surface area contributed by atoms with E-state index < -0.39 is 17.7 Å². The zero-order valence-corrected chi connectivity index (χ0v) is 13.4. The van der Waals surface area contributed by atoms with E-state index in [1.54, 1.807) is 0 Å². The van der Waals surface area contributed by atoms with Crippen LogP contribution in [0.2, 0.25) is 0 Å². The van der Waals surface area contributed by atoms with Crippen molar-refractivity contribution in [3.05, 3.63) is 28.2 Å². The molecule has 118 valence electrons. The van der Waals surface area contributed by atoms with E-state index in [1.165, 1.54) is 6.07 Å². The average Bonchev–Trinajstić information content (AvgIpc) is 2.36. The average molecular weight is 367 g/mol. The lowest BCUT2D eigenvalue weighted by molar-refractivity contribution is -0.137. The molecule has 0 aliphatic rings. The SMILES string of the molecule is CC(C)CC(CN)C(=O)Nc1cc(C(F)(F)F)ccc1Br. The lowest BCUT2D eigenvalue weighted by Gasteiger charge is -2.18. The van der Waals surface area contributed by atoms with Gasteiger partial charge in [-0.25, -0.2) is 0 Å². The minimum atomic E-state index is -4.45. The maximum Gasteiger partial charge on any atom is 0.416 e. The number of benzene rings is 1. The van der Waals surface area contributed by atoms with E-state index in [2.05, 4.69) is 21.2 Å². The number of amides is 1. The molecule has 1 aromatic carbocycles. The Balaban J connectivity index is 2.93. The number of halogens is 4. The predicted molar refractivity (Wildman–Crippen MR) is 79.8 cm³/mol. The smallest absolute Gasteiger partial charge is 0.330 e. The first-order chi connectivity index (χ1) is 9.65. The van der Waals surface area contributed by atoms with E-state index in [-0.39, 0.29) is 24.1 Å². The first-order valence-electron chi connectivity index (χ1n) is 6.52. The van der Waals surface area contributed by atoms with Crippen molar-refractivity contribution in [3.8, 4) is 0 Å². The molecule has 7 heteroatoms. The summed E-state index contributed by atoms with van der Waals surface area (Å²) in [4.78, 5) is 12.1. The number of hydrogen-bond acceptors (Lipinski definition) is 2. The fourth-order valence-electron chi connectivity index (χ4n) is 1.91. The van der Waals surface area contributed by atoms with Crippen molar-refractivity contribution in [2.45, 2.75) is 26.4 Å². The van der Waals surface area contributed by atoms with Gasteiger partial charge in [0.2, 0.25) is 5.91 Å². The maximum atomic E-state index is 12.7. The van der Waals surface area contributed by atoms with Gasteiger partial charge in [0.1, 0.15) is 0 Å². The first kappa shape index (κ1) is 18.0. The summed E-state index contributed by atoms with van der Waals surface area (Å²) in [7, 11) is 0. The van der Waals surface area contributed by atoms with Crippen molar-refractivity contribution in [1.82, 2.24) is 0 Å². The summed E-state index contributed by atoms with van der Waals surface area (Å²) in [5.41, 5.74) is 4.84. The monoisotopic (exact) mass is 366 g/mol. The molecule has 3 nitrogen and oxygen atoms in total. The van der Waals surface area contributed by atoms with Gasteiger partial charge in [-0.2, -0.15) is 13.2 Å². The van der Waals surface area contributed by atoms with Crippen LogP contribution >= 0.6 is 15.9 Å². The van der Waals surface area contributed by atoms with E-state index in [0.29, 0.717) is 10.9 Å². The van der Waals surface area contributed by atoms with Crippen LogP contribution in [0.5, 0.6) is 0 Å². The second-order valence-electron chi connectivity index (χ2n) is 5.24. The highest BCUT2D eigenvalue weighted by atomic mass is 79.9. The molecule has 1 unspecified atom stereocenters. The molecular formula is C14H18BrF3N2O. The fraction of sp³-hybridized carbons (Fsp3) is 0.500. The number of anilines is 1. The van der Waals surface area contributed by atoms with Gasteiger partial charge in [0.05, 0.1) is 17.2 Å². The normalized spacial score (nSPS) is 13.3. The summed E-state index contributed by atoms with van der Waals surface area (Å²) >= 11 is 3.13. The maximum absolute atomic E-state index is 12.7. The van der Waals surface area contributed by atoms with Crippen molar-refractivity contribution < 1.29 is 18.0 Å². The van der Waals surface area contributed by atoms with Gasteiger partial charge < -0.3 is 11.1 Å². The summed E-state index contributed by atoms with van der Waals surface area (Å²) < 4.78 is 38.5. The van der Waals surface area contributed by atoms with E-state index in [1.807, 2.05) is 13.8 Å². The molecule has 1 rings (SSSR count). The van der Waals surface area contributed by atoms with Crippen LogP contribution in [0.15, 0.2) is 22.7 Å². The molecule has 0 spiro atoms. The minimum absolute atomic E-state index is 0.0945. The van der Waals surface area contributed by atoms with Crippen molar-refractivity contribution in [1.29, 1.82) is 0 Å². The number of hydrogen-bond donors (Lipinski definition) is 2. The zero-order valence-electron chi connectivity index (χ0n) is 11.8. The number of carbonyl (C=O) groups excluding carboxylic acids is 1. The topological polar surface area (TPSA) is 55.1 Å². The third kappa shape index (κ3) is 5.32. The van der Waals surface area contributed by atoms with Crippen LogP contribution in [0, 0.1) is 11.8 Å². The van der Waals surface area contributed by atoms with Gasteiger partial charge in [-0.05, 0) is 46.5 Å². The molecule has 1 atom stereocenters. The highest BCUT2D eigenvalue weighted by molar-refractivity contribution is 9.10. The predicted octanol–water partition coefficient (Wildman–Crippen LogP) is 4.03. The van der Waals surface area contributed by atoms with Crippen molar-refractivity contribution in [2.75, 3.05) is 11.9 Å². The Kier molecular flexibility index (Phi) is 6.22. The Morgan fingerprint density at radius 1 is 1.38 bits per heavy atom. The van der Waals surface area contributed by atoms with Gasteiger partial charge in [-0.3, -0.25) is 4.79 Å². The summed E-state index contributed by atoms with van der Waals surface area (Å²) in [6.07, 6.45) is -3.87. The van der Waals surface area contributed by atoms with Crippen LogP contribution in [-0.4, -0.2) is 12.5 Å². The highest BCUT2D eigenvalue weighted by Gasteiger charge is 2.31. The van der Waals surface area contributed by atoms with Crippen molar-refractivity contribution in [3.63, 3.8) is 0 Å². The summed E-state index contributed by atoms with van der Waals surface area (Å²) in [6.45, 7) is 4.06. The fourth-order valence-corrected chi connectivity index (χ4v) is 2.26. The lowest BCUT2D eigenvalue weighted by atomic mass is 9.96. The summed E-state index contributed by atoms with van der Waals surface area (Å²) in [5.74, 6) is -0.521. The number of nitrogens with one attached hydrogen (secondary N) is 1. The Labute approximate surface area is 130 Å². The van der Waals surface area contributed by atoms with Gasteiger partial charge in [0.15, 0.2) is 0 Å². The van der Waals surface area contributed by atoms with Crippen LogP contribution in [0.4, 0.5) is 18.9 Å². The Hall–Kier alpha value is -1.08.